The molecule has 1 atom stereocenters. The standard InChI is InChI=1S/C14H13O5.Hg.H2O/c1-8(18-2)6-9-4-3-5-10-7-11(13(15)16)14(17)19-12(9)10;;/h3-5,7-8H,1,6H2,2H3,(H,15,16);;1H2/p-1. The number of fused-ring (bicyclic) bond motifs is 1. The van der Waals surface area contributed by atoms with Crippen LogP contribution in [0.2, 0.25) is 3.93 Å². The summed E-state index contributed by atoms with van der Waals surface area (Å²) in [5.41, 5.74) is -0.0644. The minimum absolute atomic E-state index is 0. The summed E-state index contributed by atoms with van der Waals surface area (Å²) in [7, 11) is 1.66. The number of benzene rings is 1. The fourth-order valence-corrected chi connectivity index (χ4v) is 3.77. The zero-order valence-electron chi connectivity index (χ0n) is 11.5. The normalized spacial score (nSPS) is 12.0. The second kappa shape index (κ2) is 7.68. The van der Waals surface area contributed by atoms with E-state index in [0.29, 0.717) is 43.5 Å². The Morgan fingerprint density at radius 2 is 2.19 bits per heavy atom. The Labute approximate surface area is 137 Å². The molecule has 6 nitrogen and oxygen atoms in total. The van der Waals surface area contributed by atoms with E-state index in [0.717, 1.165) is 9.49 Å². The maximum absolute atomic E-state index is 11.6. The van der Waals surface area contributed by atoms with Crippen molar-refractivity contribution in [1.29, 1.82) is 0 Å². The summed E-state index contributed by atoms with van der Waals surface area (Å²) < 4.78 is 11.6. The quantitative estimate of drug-likeness (QED) is 0.438. The summed E-state index contributed by atoms with van der Waals surface area (Å²) in [4.78, 5) is 22.5. The molecule has 0 bridgehead atoms. The van der Waals surface area contributed by atoms with E-state index in [1.165, 1.54) is 6.07 Å². The van der Waals surface area contributed by atoms with Crippen LogP contribution in [0.25, 0.3) is 11.0 Å². The monoisotopic (exact) mass is 480 g/mol. The van der Waals surface area contributed by atoms with Crippen LogP contribution in [0.1, 0.15) is 15.9 Å². The molecule has 0 aliphatic carbocycles. The first-order valence-electron chi connectivity index (χ1n) is 6.16. The number of carbonyl (C=O) groups is 1. The van der Waals surface area contributed by atoms with Gasteiger partial charge in [0.05, 0.1) is 0 Å². The van der Waals surface area contributed by atoms with E-state index in [4.69, 9.17) is 9.15 Å². The van der Waals surface area contributed by atoms with Crippen molar-refractivity contribution in [3.63, 3.8) is 0 Å². The molecule has 0 radical (unpaired) electrons. The summed E-state index contributed by atoms with van der Waals surface area (Å²) in [5, 5.41) is 11.4. The molecule has 0 aliphatic heterocycles. The molecule has 0 spiro atoms. The Balaban J connectivity index is 0.00000220. The zero-order chi connectivity index (χ0) is 14.7. The van der Waals surface area contributed by atoms with Crippen molar-refractivity contribution in [2.45, 2.75) is 16.5 Å². The zero-order valence-corrected chi connectivity index (χ0v) is 17.0. The van der Waals surface area contributed by atoms with Gasteiger partial charge in [0.25, 0.3) is 0 Å². The van der Waals surface area contributed by atoms with Crippen molar-refractivity contribution < 1.29 is 50.7 Å². The van der Waals surface area contributed by atoms with Crippen LogP contribution in [0.5, 0.6) is 0 Å². The van der Waals surface area contributed by atoms with Crippen LogP contribution >= 0.6 is 0 Å². The van der Waals surface area contributed by atoms with E-state index in [2.05, 4.69) is 0 Å². The molecule has 7 heteroatoms. The molecule has 0 saturated heterocycles. The average Bonchev–Trinajstić information content (AvgIpc) is 2.44. The van der Waals surface area contributed by atoms with Gasteiger partial charge in [0, 0.05) is 0 Å². The second-order valence-corrected chi connectivity index (χ2v) is 6.67. The third-order valence-electron chi connectivity index (χ3n) is 3.16. The summed E-state index contributed by atoms with van der Waals surface area (Å²) in [6, 6.07) is 6.67. The molecule has 2 rings (SSSR count). The predicted molar refractivity (Wildman–Crippen MR) is 69.7 cm³/mol. The summed E-state index contributed by atoms with van der Waals surface area (Å²) in [5.74, 6) is -1.53. The van der Waals surface area contributed by atoms with E-state index in [9.17, 15) is 14.7 Å². The van der Waals surface area contributed by atoms with Gasteiger partial charge >= 0.3 is 131 Å². The van der Waals surface area contributed by atoms with E-state index < -0.39 is 17.2 Å². The van der Waals surface area contributed by atoms with Crippen LogP contribution in [-0.2, 0) is 37.3 Å². The molecule has 1 unspecified atom stereocenters. The number of hydrogen-bond donors (Lipinski definition) is 0. The van der Waals surface area contributed by atoms with Gasteiger partial charge in [0.15, 0.2) is 0 Å². The van der Waals surface area contributed by atoms with Gasteiger partial charge < -0.3 is 5.48 Å². The van der Waals surface area contributed by atoms with Crippen LogP contribution in [0, 0.1) is 0 Å². The first kappa shape index (κ1) is 17.8. The van der Waals surface area contributed by atoms with Crippen LogP contribution in [-0.4, -0.2) is 24.7 Å². The molecule has 1 aromatic carbocycles. The number of methoxy groups -OCH3 is 1. The van der Waals surface area contributed by atoms with E-state index >= 15 is 0 Å². The average molecular weight is 479 g/mol. The molecule has 0 saturated carbocycles. The topological polar surface area (TPSA) is 111 Å². The van der Waals surface area contributed by atoms with Gasteiger partial charge in [-0.15, -0.1) is 0 Å². The SMILES string of the molecule is COC([CH2][Hg])Cc1cccc2cc(C(=O)[O-])c(=O)oc12.O. The summed E-state index contributed by atoms with van der Waals surface area (Å²) in [6.45, 7) is 0. The van der Waals surface area contributed by atoms with Gasteiger partial charge in [0.2, 0.25) is 0 Å². The molecule has 0 aliphatic rings. The maximum Gasteiger partial charge on any atom is -0.412 e. The number of carboxylic acid groups (broad SMARTS) is 1. The fraction of sp³-hybridized carbons (Fsp3) is 0.286. The smallest absolute Gasteiger partial charge is 0.412 e. The molecule has 2 aromatic rings. The van der Waals surface area contributed by atoms with Gasteiger partial charge in [-0.05, 0) is 0 Å². The third kappa shape index (κ3) is 3.90. The van der Waals surface area contributed by atoms with Gasteiger partial charge in [-0.3, -0.25) is 0 Å². The molecule has 2 N–H and O–H groups in total. The van der Waals surface area contributed by atoms with Gasteiger partial charge in [-0.2, -0.15) is 0 Å². The molecular formula is C14H14HgO6-. The van der Waals surface area contributed by atoms with Crippen LogP contribution in [0.15, 0.2) is 33.5 Å². The number of aromatic carboxylic acids is 1. The van der Waals surface area contributed by atoms with Crippen LogP contribution in [0.3, 0.4) is 0 Å². The maximum atomic E-state index is 11.6. The summed E-state index contributed by atoms with van der Waals surface area (Å²) >= 11 is 0.618. The summed E-state index contributed by atoms with van der Waals surface area (Å²) in [6.07, 6.45) is 0.750. The molecule has 109 valence electrons. The minimum atomic E-state index is -1.53. The number of carboxylic acids is 1. The van der Waals surface area contributed by atoms with Crippen molar-refractivity contribution in [3.05, 3.63) is 45.8 Å². The largest absolute Gasteiger partial charge is 0.412 e. The number of ether oxygens (including phenoxy) is 1. The Morgan fingerprint density at radius 1 is 1.48 bits per heavy atom. The van der Waals surface area contributed by atoms with E-state index in [-0.39, 0.29) is 11.6 Å². The predicted octanol–water partition coefficient (Wildman–Crippen LogP) is -0.146. The van der Waals surface area contributed by atoms with Crippen LogP contribution < -0.4 is 10.7 Å². The van der Waals surface area contributed by atoms with Crippen molar-refractivity contribution >= 4 is 16.9 Å². The van der Waals surface area contributed by atoms with E-state index in [1.807, 2.05) is 6.07 Å². The Bertz CT molecular complexity index is 689. The first-order valence-corrected chi connectivity index (χ1v) is 10.0. The number of hydrogen-bond acceptors (Lipinski definition) is 5. The van der Waals surface area contributed by atoms with Crippen LogP contribution in [0.4, 0.5) is 0 Å². The number of para-hydroxylation sites is 1. The molecule has 0 amide bonds. The number of carbonyl (C=O) groups excluding carboxylic acids is 1. The molecule has 1 aromatic heterocycles. The van der Waals surface area contributed by atoms with Crippen molar-refractivity contribution in [2.24, 2.45) is 0 Å². The second-order valence-electron chi connectivity index (χ2n) is 4.42. The fourth-order valence-electron chi connectivity index (χ4n) is 2.06. The number of rotatable bonds is 5. The Morgan fingerprint density at radius 3 is 2.76 bits per heavy atom. The van der Waals surface area contributed by atoms with Crippen molar-refractivity contribution in [3.8, 4) is 0 Å². The first-order chi connectivity index (χ1) is 9.56. The van der Waals surface area contributed by atoms with Crippen molar-refractivity contribution in [2.75, 3.05) is 7.11 Å². The molecule has 21 heavy (non-hydrogen) atoms. The van der Waals surface area contributed by atoms with Crippen molar-refractivity contribution in [1.82, 2.24) is 0 Å². The third-order valence-corrected chi connectivity index (χ3v) is 5.67. The minimum Gasteiger partial charge on any atom is -0.412 e. The van der Waals surface area contributed by atoms with E-state index in [1.54, 1.807) is 19.2 Å². The molecule has 1 heterocycles. The molecule has 0 fully saturated rings. The van der Waals surface area contributed by atoms with Gasteiger partial charge in [-0.25, -0.2) is 0 Å². The van der Waals surface area contributed by atoms with Gasteiger partial charge in [0.1, 0.15) is 0 Å². The molecular weight excluding hydrogens is 465 g/mol. The Kier molecular flexibility index (Phi) is 6.51. The Hall–Kier alpha value is -1.24. The van der Waals surface area contributed by atoms with Gasteiger partial charge in [-0.1, -0.05) is 0 Å².